The van der Waals surface area contributed by atoms with Crippen molar-refractivity contribution in [2.75, 3.05) is 18.5 Å². The van der Waals surface area contributed by atoms with Gasteiger partial charge in [-0.15, -0.1) is 0 Å². The fourth-order valence-electron chi connectivity index (χ4n) is 1.84. The van der Waals surface area contributed by atoms with Crippen molar-refractivity contribution in [1.82, 2.24) is 5.32 Å². The molecule has 22 heavy (non-hydrogen) atoms. The van der Waals surface area contributed by atoms with Gasteiger partial charge >= 0.3 is 11.8 Å². The molecule has 2 amide bonds. The van der Waals surface area contributed by atoms with Crippen LogP contribution in [0.15, 0.2) is 54.6 Å². The third-order valence-corrected chi connectivity index (χ3v) is 2.88. The number of aryl methyl sites for hydroxylation is 1. The van der Waals surface area contributed by atoms with E-state index in [2.05, 4.69) is 10.6 Å². The van der Waals surface area contributed by atoms with Gasteiger partial charge in [-0.05, 0) is 36.8 Å². The number of rotatable bonds is 5. The zero-order valence-electron chi connectivity index (χ0n) is 12.3. The number of hydrogen-bond acceptors (Lipinski definition) is 3. The molecule has 0 unspecified atom stereocenters. The normalized spacial score (nSPS) is 9.86. The SMILES string of the molecule is Cc1cccc(NC(=O)C(=O)NCCOc2ccccc2)c1. The molecule has 2 aromatic carbocycles. The van der Waals surface area contributed by atoms with E-state index in [-0.39, 0.29) is 6.54 Å². The lowest BCUT2D eigenvalue weighted by atomic mass is 10.2. The van der Waals surface area contributed by atoms with Crippen molar-refractivity contribution in [3.8, 4) is 5.75 Å². The van der Waals surface area contributed by atoms with Crippen molar-refractivity contribution < 1.29 is 14.3 Å². The Morgan fingerprint density at radius 1 is 1.00 bits per heavy atom. The lowest BCUT2D eigenvalue weighted by Gasteiger charge is -2.08. The molecule has 0 aliphatic rings. The Morgan fingerprint density at radius 2 is 1.77 bits per heavy atom. The fraction of sp³-hybridized carbons (Fsp3) is 0.176. The molecule has 0 aliphatic carbocycles. The zero-order valence-corrected chi connectivity index (χ0v) is 12.3. The van der Waals surface area contributed by atoms with Gasteiger partial charge in [0.15, 0.2) is 0 Å². The van der Waals surface area contributed by atoms with Crippen LogP contribution in [0.2, 0.25) is 0 Å². The lowest BCUT2D eigenvalue weighted by Crippen LogP contribution is -2.37. The van der Waals surface area contributed by atoms with Crippen LogP contribution < -0.4 is 15.4 Å². The molecule has 0 atom stereocenters. The summed E-state index contributed by atoms with van der Waals surface area (Å²) in [5, 5.41) is 5.06. The predicted molar refractivity (Wildman–Crippen MR) is 84.8 cm³/mol. The minimum absolute atomic E-state index is 0.259. The molecule has 5 nitrogen and oxygen atoms in total. The summed E-state index contributed by atoms with van der Waals surface area (Å²) in [4.78, 5) is 23.4. The number of carbonyl (C=O) groups is 2. The van der Waals surface area contributed by atoms with Crippen LogP contribution in [0.25, 0.3) is 0 Å². The minimum Gasteiger partial charge on any atom is -0.492 e. The van der Waals surface area contributed by atoms with Gasteiger partial charge in [-0.1, -0.05) is 30.3 Å². The molecular formula is C17H18N2O3. The van der Waals surface area contributed by atoms with Gasteiger partial charge in [-0.25, -0.2) is 0 Å². The lowest BCUT2D eigenvalue weighted by molar-refractivity contribution is -0.136. The Bertz CT molecular complexity index is 641. The molecule has 5 heteroatoms. The molecule has 0 aliphatic heterocycles. The number of nitrogens with one attached hydrogen (secondary N) is 2. The van der Waals surface area contributed by atoms with Crippen LogP contribution in [0.5, 0.6) is 5.75 Å². The molecular weight excluding hydrogens is 280 g/mol. The standard InChI is InChI=1S/C17H18N2O3/c1-13-6-5-7-14(12-13)19-17(21)16(20)18-10-11-22-15-8-3-2-4-9-15/h2-9,12H,10-11H2,1H3,(H,18,20)(H,19,21). The number of ether oxygens (including phenoxy) is 1. The Hall–Kier alpha value is -2.82. The largest absolute Gasteiger partial charge is 0.492 e. The highest BCUT2D eigenvalue weighted by Gasteiger charge is 2.12. The molecule has 0 spiro atoms. The first-order valence-corrected chi connectivity index (χ1v) is 6.99. The Balaban J connectivity index is 1.71. The summed E-state index contributed by atoms with van der Waals surface area (Å²) in [7, 11) is 0. The Kier molecular flexibility index (Phi) is 5.54. The van der Waals surface area contributed by atoms with E-state index in [9.17, 15) is 9.59 Å². The van der Waals surface area contributed by atoms with Crippen LogP contribution in [-0.2, 0) is 9.59 Å². The molecule has 114 valence electrons. The summed E-state index contributed by atoms with van der Waals surface area (Å²) in [6.45, 7) is 2.47. The molecule has 2 aromatic rings. The van der Waals surface area contributed by atoms with Crippen LogP contribution >= 0.6 is 0 Å². The second-order valence-electron chi connectivity index (χ2n) is 4.74. The van der Waals surface area contributed by atoms with E-state index in [0.29, 0.717) is 12.3 Å². The third-order valence-electron chi connectivity index (χ3n) is 2.88. The van der Waals surface area contributed by atoms with Crippen LogP contribution in [0.1, 0.15) is 5.56 Å². The predicted octanol–water partition coefficient (Wildman–Crippen LogP) is 2.13. The van der Waals surface area contributed by atoms with Gasteiger partial charge in [0.05, 0.1) is 6.54 Å². The summed E-state index contributed by atoms with van der Waals surface area (Å²) in [6.07, 6.45) is 0. The number of hydrogen-bond donors (Lipinski definition) is 2. The van der Waals surface area contributed by atoms with Crippen molar-refractivity contribution in [3.63, 3.8) is 0 Å². The van der Waals surface area contributed by atoms with Crippen LogP contribution in [0.4, 0.5) is 5.69 Å². The van der Waals surface area contributed by atoms with E-state index < -0.39 is 11.8 Å². The van der Waals surface area contributed by atoms with Gasteiger partial charge in [-0.2, -0.15) is 0 Å². The number of para-hydroxylation sites is 1. The molecule has 0 saturated carbocycles. The van der Waals surface area contributed by atoms with Gasteiger partial charge in [0, 0.05) is 5.69 Å². The molecule has 2 N–H and O–H groups in total. The maximum atomic E-state index is 11.7. The van der Waals surface area contributed by atoms with Crippen molar-refractivity contribution in [2.24, 2.45) is 0 Å². The van der Waals surface area contributed by atoms with Crippen molar-refractivity contribution in [3.05, 3.63) is 60.2 Å². The molecule has 0 heterocycles. The fourth-order valence-corrected chi connectivity index (χ4v) is 1.84. The second kappa shape index (κ2) is 7.83. The van der Waals surface area contributed by atoms with E-state index >= 15 is 0 Å². The van der Waals surface area contributed by atoms with Gasteiger partial charge in [-0.3, -0.25) is 9.59 Å². The van der Waals surface area contributed by atoms with E-state index in [1.807, 2.05) is 49.4 Å². The van der Waals surface area contributed by atoms with Gasteiger partial charge in [0.1, 0.15) is 12.4 Å². The highest BCUT2D eigenvalue weighted by atomic mass is 16.5. The molecule has 0 radical (unpaired) electrons. The number of anilines is 1. The van der Waals surface area contributed by atoms with Gasteiger partial charge in [0.25, 0.3) is 0 Å². The first-order valence-electron chi connectivity index (χ1n) is 6.99. The van der Waals surface area contributed by atoms with Crippen LogP contribution in [-0.4, -0.2) is 25.0 Å². The molecule has 0 aromatic heterocycles. The summed E-state index contributed by atoms with van der Waals surface area (Å²) >= 11 is 0. The maximum absolute atomic E-state index is 11.7. The van der Waals surface area contributed by atoms with Gasteiger partial charge in [0.2, 0.25) is 0 Å². The highest BCUT2D eigenvalue weighted by Crippen LogP contribution is 2.09. The van der Waals surface area contributed by atoms with Gasteiger partial charge < -0.3 is 15.4 Å². The molecule has 0 fully saturated rings. The first-order chi connectivity index (χ1) is 10.6. The van der Waals surface area contributed by atoms with Crippen LogP contribution in [0.3, 0.4) is 0 Å². The summed E-state index contributed by atoms with van der Waals surface area (Å²) in [6, 6.07) is 16.5. The monoisotopic (exact) mass is 298 g/mol. The summed E-state index contributed by atoms with van der Waals surface area (Å²) in [5.41, 5.74) is 1.61. The summed E-state index contributed by atoms with van der Waals surface area (Å²) in [5.74, 6) is -0.649. The molecule has 2 rings (SSSR count). The summed E-state index contributed by atoms with van der Waals surface area (Å²) < 4.78 is 5.42. The Labute approximate surface area is 129 Å². The second-order valence-corrected chi connectivity index (χ2v) is 4.74. The molecule has 0 saturated heterocycles. The van der Waals surface area contributed by atoms with Crippen molar-refractivity contribution in [1.29, 1.82) is 0 Å². The maximum Gasteiger partial charge on any atom is 0.313 e. The highest BCUT2D eigenvalue weighted by molar-refractivity contribution is 6.39. The van der Waals surface area contributed by atoms with Crippen LogP contribution in [0, 0.1) is 6.92 Å². The number of carbonyl (C=O) groups excluding carboxylic acids is 2. The average molecular weight is 298 g/mol. The van der Waals surface area contributed by atoms with E-state index in [1.54, 1.807) is 12.1 Å². The smallest absolute Gasteiger partial charge is 0.313 e. The van der Waals surface area contributed by atoms with E-state index in [1.165, 1.54) is 0 Å². The topological polar surface area (TPSA) is 67.4 Å². The quantitative estimate of drug-likeness (QED) is 0.656. The minimum atomic E-state index is -0.690. The zero-order chi connectivity index (χ0) is 15.8. The number of benzene rings is 2. The van der Waals surface area contributed by atoms with Crippen molar-refractivity contribution in [2.45, 2.75) is 6.92 Å². The van der Waals surface area contributed by atoms with E-state index in [4.69, 9.17) is 4.74 Å². The van der Waals surface area contributed by atoms with E-state index in [0.717, 1.165) is 11.3 Å². The molecule has 0 bridgehead atoms. The van der Waals surface area contributed by atoms with Crippen molar-refractivity contribution >= 4 is 17.5 Å². The average Bonchev–Trinajstić information content (AvgIpc) is 2.52. The Morgan fingerprint density at radius 3 is 2.50 bits per heavy atom. The number of amides is 2. The first kappa shape index (κ1) is 15.6. The third kappa shape index (κ3) is 4.94.